The van der Waals surface area contributed by atoms with Gasteiger partial charge in [-0.05, 0) is 30.7 Å². The van der Waals surface area contributed by atoms with Crippen LogP contribution in [0.25, 0.3) is 0 Å². The molecule has 1 unspecified atom stereocenters. The zero-order valence-electron chi connectivity index (χ0n) is 13.8. The third-order valence-corrected chi connectivity index (χ3v) is 4.61. The standard InChI is InChI=1S/C19H18Cl2N2O2/c1-12-3-2-4-13(5-12)10-23-11-14(6-18(23)24)19(25)22-17-8-15(20)7-16(21)9-17/h2-5,7-9,14H,6,10-11H2,1H3,(H,22,25). The highest BCUT2D eigenvalue weighted by Gasteiger charge is 2.34. The summed E-state index contributed by atoms with van der Waals surface area (Å²) in [5.74, 6) is -0.584. The molecule has 3 rings (SSSR count). The third-order valence-electron chi connectivity index (χ3n) is 4.17. The second-order valence-electron chi connectivity index (χ2n) is 6.31. The Balaban J connectivity index is 1.64. The number of carbonyl (C=O) groups is 2. The Kier molecular flexibility index (Phi) is 5.30. The minimum atomic E-state index is -0.380. The van der Waals surface area contributed by atoms with Crippen LogP contribution in [0.3, 0.4) is 0 Å². The van der Waals surface area contributed by atoms with Gasteiger partial charge in [-0.1, -0.05) is 53.0 Å². The summed E-state index contributed by atoms with van der Waals surface area (Å²) in [5, 5.41) is 3.69. The van der Waals surface area contributed by atoms with Crippen LogP contribution in [0.15, 0.2) is 42.5 Å². The monoisotopic (exact) mass is 376 g/mol. The molecular formula is C19H18Cl2N2O2. The first-order valence-electron chi connectivity index (χ1n) is 8.01. The normalized spacial score (nSPS) is 17.0. The van der Waals surface area contributed by atoms with Gasteiger partial charge in [0.05, 0.1) is 5.92 Å². The van der Waals surface area contributed by atoms with Crippen LogP contribution in [-0.2, 0) is 16.1 Å². The van der Waals surface area contributed by atoms with E-state index in [9.17, 15) is 9.59 Å². The molecule has 1 fully saturated rings. The third kappa shape index (κ3) is 4.53. The van der Waals surface area contributed by atoms with Crippen molar-refractivity contribution in [2.45, 2.75) is 19.9 Å². The van der Waals surface area contributed by atoms with Crippen molar-refractivity contribution < 1.29 is 9.59 Å². The van der Waals surface area contributed by atoms with Gasteiger partial charge in [-0.15, -0.1) is 0 Å². The van der Waals surface area contributed by atoms with Crippen molar-refractivity contribution in [3.05, 3.63) is 63.6 Å². The summed E-state index contributed by atoms with van der Waals surface area (Å²) in [5.41, 5.74) is 2.75. The maximum atomic E-state index is 12.5. The molecular weight excluding hydrogens is 359 g/mol. The van der Waals surface area contributed by atoms with Gasteiger partial charge in [-0.3, -0.25) is 9.59 Å². The molecule has 0 aliphatic carbocycles. The van der Waals surface area contributed by atoms with E-state index in [0.717, 1.165) is 11.1 Å². The number of likely N-dealkylation sites (tertiary alicyclic amines) is 1. The van der Waals surface area contributed by atoms with Crippen LogP contribution in [0.5, 0.6) is 0 Å². The van der Waals surface area contributed by atoms with Gasteiger partial charge in [-0.2, -0.15) is 0 Å². The van der Waals surface area contributed by atoms with Gasteiger partial charge in [0.2, 0.25) is 11.8 Å². The molecule has 2 aromatic carbocycles. The molecule has 0 radical (unpaired) electrons. The molecule has 1 N–H and O–H groups in total. The summed E-state index contributed by atoms with van der Waals surface area (Å²) >= 11 is 11.9. The number of anilines is 1. The van der Waals surface area contributed by atoms with Crippen LogP contribution in [0.4, 0.5) is 5.69 Å². The number of benzene rings is 2. The van der Waals surface area contributed by atoms with E-state index in [2.05, 4.69) is 11.4 Å². The van der Waals surface area contributed by atoms with Crippen LogP contribution in [-0.4, -0.2) is 23.3 Å². The smallest absolute Gasteiger partial charge is 0.229 e. The van der Waals surface area contributed by atoms with Crippen LogP contribution < -0.4 is 5.32 Å². The molecule has 4 nitrogen and oxygen atoms in total. The predicted octanol–water partition coefficient (Wildman–Crippen LogP) is 4.29. The minimum Gasteiger partial charge on any atom is -0.338 e. The molecule has 0 saturated carbocycles. The SMILES string of the molecule is Cc1cccc(CN2CC(C(=O)Nc3cc(Cl)cc(Cl)c3)CC2=O)c1. The van der Waals surface area contributed by atoms with Crippen molar-refractivity contribution in [3.8, 4) is 0 Å². The Hall–Kier alpha value is -2.04. The maximum Gasteiger partial charge on any atom is 0.229 e. The first-order valence-corrected chi connectivity index (χ1v) is 8.76. The molecule has 1 saturated heterocycles. The van der Waals surface area contributed by atoms with Crippen molar-refractivity contribution in [3.63, 3.8) is 0 Å². The lowest BCUT2D eigenvalue weighted by molar-refractivity contribution is -0.128. The molecule has 2 aromatic rings. The van der Waals surface area contributed by atoms with E-state index in [0.29, 0.717) is 28.8 Å². The number of carbonyl (C=O) groups excluding carboxylic acids is 2. The topological polar surface area (TPSA) is 49.4 Å². The number of amides is 2. The largest absolute Gasteiger partial charge is 0.338 e. The summed E-state index contributed by atoms with van der Waals surface area (Å²) in [6.07, 6.45) is 0.214. The van der Waals surface area contributed by atoms with Crippen LogP contribution in [0, 0.1) is 12.8 Å². The van der Waals surface area contributed by atoms with Gasteiger partial charge in [0.15, 0.2) is 0 Å². The van der Waals surface area contributed by atoms with E-state index in [4.69, 9.17) is 23.2 Å². The van der Waals surface area contributed by atoms with Crippen molar-refractivity contribution >= 4 is 40.7 Å². The van der Waals surface area contributed by atoms with Crippen molar-refractivity contribution in [1.29, 1.82) is 0 Å². The molecule has 2 amide bonds. The van der Waals surface area contributed by atoms with Crippen molar-refractivity contribution in [2.24, 2.45) is 5.92 Å². The molecule has 1 atom stereocenters. The van der Waals surface area contributed by atoms with Crippen molar-refractivity contribution in [2.75, 3.05) is 11.9 Å². The van der Waals surface area contributed by atoms with Gasteiger partial charge >= 0.3 is 0 Å². The molecule has 0 bridgehead atoms. The predicted molar refractivity (Wildman–Crippen MR) is 99.8 cm³/mol. The zero-order valence-corrected chi connectivity index (χ0v) is 15.3. The Morgan fingerprint density at radius 2 is 1.92 bits per heavy atom. The number of nitrogens with zero attached hydrogens (tertiary/aromatic N) is 1. The Morgan fingerprint density at radius 1 is 1.20 bits per heavy atom. The number of hydrogen-bond acceptors (Lipinski definition) is 2. The Labute approximate surface area is 156 Å². The van der Waals surface area contributed by atoms with E-state index >= 15 is 0 Å². The number of aryl methyl sites for hydroxylation is 1. The van der Waals surface area contributed by atoms with E-state index in [1.165, 1.54) is 0 Å². The molecule has 1 aliphatic rings. The minimum absolute atomic E-state index is 0.00853. The Morgan fingerprint density at radius 3 is 2.60 bits per heavy atom. The highest BCUT2D eigenvalue weighted by atomic mass is 35.5. The lowest BCUT2D eigenvalue weighted by Gasteiger charge is -2.17. The van der Waals surface area contributed by atoms with Gasteiger partial charge in [0.1, 0.15) is 0 Å². The number of rotatable bonds is 4. The summed E-state index contributed by atoms with van der Waals surface area (Å²) < 4.78 is 0. The maximum absolute atomic E-state index is 12.5. The average Bonchev–Trinajstić information content (AvgIpc) is 2.87. The highest BCUT2D eigenvalue weighted by Crippen LogP contribution is 2.25. The number of halogens is 2. The van der Waals surface area contributed by atoms with Gasteiger partial charge < -0.3 is 10.2 Å². The molecule has 6 heteroatoms. The van der Waals surface area contributed by atoms with E-state index in [1.807, 2.05) is 25.1 Å². The van der Waals surface area contributed by atoms with Crippen LogP contribution in [0.2, 0.25) is 10.0 Å². The number of hydrogen-bond donors (Lipinski definition) is 1. The molecule has 0 spiro atoms. The van der Waals surface area contributed by atoms with E-state index in [-0.39, 0.29) is 24.2 Å². The first-order chi connectivity index (χ1) is 11.9. The fraction of sp³-hybridized carbons (Fsp3) is 0.263. The lowest BCUT2D eigenvalue weighted by Crippen LogP contribution is -2.28. The quantitative estimate of drug-likeness (QED) is 0.864. The molecule has 130 valence electrons. The fourth-order valence-corrected chi connectivity index (χ4v) is 3.53. The van der Waals surface area contributed by atoms with E-state index < -0.39 is 0 Å². The summed E-state index contributed by atoms with van der Waals surface area (Å²) in [6.45, 7) is 2.95. The summed E-state index contributed by atoms with van der Waals surface area (Å²) in [7, 11) is 0. The van der Waals surface area contributed by atoms with Crippen molar-refractivity contribution in [1.82, 2.24) is 4.90 Å². The van der Waals surface area contributed by atoms with Gasteiger partial charge in [-0.25, -0.2) is 0 Å². The van der Waals surface area contributed by atoms with E-state index in [1.54, 1.807) is 23.1 Å². The highest BCUT2D eigenvalue weighted by molar-refractivity contribution is 6.35. The average molecular weight is 377 g/mol. The number of nitrogens with one attached hydrogen (secondary N) is 1. The van der Waals surface area contributed by atoms with Crippen LogP contribution in [0.1, 0.15) is 17.5 Å². The van der Waals surface area contributed by atoms with Gasteiger partial charge in [0, 0.05) is 35.2 Å². The zero-order chi connectivity index (χ0) is 18.0. The second-order valence-corrected chi connectivity index (χ2v) is 7.18. The molecule has 1 aliphatic heterocycles. The van der Waals surface area contributed by atoms with Gasteiger partial charge in [0.25, 0.3) is 0 Å². The lowest BCUT2D eigenvalue weighted by atomic mass is 10.1. The Bertz CT molecular complexity index is 803. The summed E-state index contributed by atoms with van der Waals surface area (Å²) in [4.78, 5) is 26.4. The first kappa shape index (κ1) is 17.8. The summed E-state index contributed by atoms with van der Waals surface area (Å²) in [6, 6.07) is 12.9. The fourth-order valence-electron chi connectivity index (χ4n) is 3.00. The molecule has 1 heterocycles. The molecule has 25 heavy (non-hydrogen) atoms. The second kappa shape index (κ2) is 7.46. The molecule has 0 aromatic heterocycles. The van der Waals surface area contributed by atoms with Crippen LogP contribution >= 0.6 is 23.2 Å².